The van der Waals surface area contributed by atoms with Crippen LogP contribution in [-0.4, -0.2) is 25.2 Å². The highest BCUT2D eigenvalue weighted by molar-refractivity contribution is 5.94. The molecule has 6 nitrogen and oxygen atoms in total. The minimum absolute atomic E-state index is 0.125. The number of rotatable bonds is 6. The molecule has 0 saturated carbocycles. The molecule has 1 unspecified atom stereocenters. The predicted molar refractivity (Wildman–Crippen MR) is 97.3 cm³/mol. The Morgan fingerprint density at radius 1 is 1.12 bits per heavy atom. The first kappa shape index (κ1) is 17.8. The third kappa shape index (κ3) is 4.33. The van der Waals surface area contributed by atoms with Gasteiger partial charge in [0.2, 0.25) is 12.7 Å². The zero-order valence-corrected chi connectivity index (χ0v) is 14.9. The summed E-state index contributed by atoms with van der Waals surface area (Å²) in [7, 11) is 0. The number of amides is 2. The summed E-state index contributed by atoms with van der Waals surface area (Å²) in [6.45, 7) is 4.34. The fourth-order valence-corrected chi connectivity index (χ4v) is 2.76. The van der Waals surface area contributed by atoms with Gasteiger partial charge < -0.3 is 20.1 Å². The molecule has 0 saturated heterocycles. The molecule has 1 atom stereocenters. The second kappa shape index (κ2) is 7.91. The molecule has 0 spiro atoms. The molecule has 0 bridgehead atoms. The standard InChI is InChI=1S/C20H22N2O4/c1-13-4-3-5-16(10-13)20(24)21-9-8-19(23)22-14(2)15-6-7-17-18(11-15)26-12-25-17/h3-7,10-11,14H,8-9,12H2,1-2H3,(H,21,24)(H,22,23). The summed E-state index contributed by atoms with van der Waals surface area (Å²) in [6, 6.07) is 12.8. The third-order valence-electron chi connectivity index (χ3n) is 4.19. The number of carbonyl (C=O) groups is 2. The molecular weight excluding hydrogens is 332 g/mol. The lowest BCUT2D eigenvalue weighted by Gasteiger charge is -2.15. The highest BCUT2D eigenvalue weighted by Crippen LogP contribution is 2.34. The summed E-state index contributed by atoms with van der Waals surface area (Å²) in [5.74, 6) is 1.10. The van der Waals surface area contributed by atoms with Crippen molar-refractivity contribution in [2.45, 2.75) is 26.3 Å². The van der Waals surface area contributed by atoms with Gasteiger partial charge in [0.05, 0.1) is 6.04 Å². The SMILES string of the molecule is Cc1cccc(C(=O)NCCC(=O)NC(C)c2ccc3c(c2)OCO3)c1. The summed E-state index contributed by atoms with van der Waals surface area (Å²) in [4.78, 5) is 24.2. The minimum atomic E-state index is -0.176. The molecule has 2 amide bonds. The van der Waals surface area contributed by atoms with Gasteiger partial charge in [-0.25, -0.2) is 0 Å². The smallest absolute Gasteiger partial charge is 0.251 e. The summed E-state index contributed by atoms with van der Waals surface area (Å²) in [5, 5.41) is 5.69. The van der Waals surface area contributed by atoms with E-state index >= 15 is 0 Å². The van der Waals surface area contributed by atoms with Crippen molar-refractivity contribution in [1.82, 2.24) is 10.6 Å². The van der Waals surface area contributed by atoms with Gasteiger partial charge in [0.15, 0.2) is 11.5 Å². The van der Waals surface area contributed by atoms with Gasteiger partial charge in [0, 0.05) is 18.5 Å². The van der Waals surface area contributed by atoms with Gasteiger partial charge >= 0.3 is 0 Å². The zero-order chi connectivity index (χ0) is 18.5. The van der Waals surface area contributed by atoms with Crippen LogP contribution in [0.3, 0.4) is 0 Å². The van der Waals surface area contributed by atoms with E-state index in [4.69, 9.17) is 9.47 Å². The van der Waals surface area contributed by atoms with Crippen LogP contribution >= 0.6 is 0 Å². The van der Waals surface area contributed by atoms with Gasteiger partial charge in [-0.05, 0) is 43.7 Å². The fourth-order valence-electron chi connectivity index (χ4n) is 2.76. The number of benzene rings is 2. The van der Waals surface area contributed by atoms with Gasteiger partial charge in [-0.3, -0.25) is 9.59 Å². The van der Waals surface area contributed by atoms with Crippen molar-refractivity contribution in [3.05, 3.63) is 59.2 Å². The number of aryl methyl sites for hydroxylation is 1. The van der Waals surface area contributed by atoms with E-state index in [2.05, 4.69) is 10.6 Å². The van der Waals surface area contributed by atoms with Crippen LogP contribution in [0.1, 0.15) is 40.9 Å². The van der Waals surface area contributed by atoms with Crippen LogP contribution in [0.5, 0.6) is 11.5 Å². The van der Waals surface area contributed by atoms with Crippen molar-refractivity contribution in [1.29, 1.82) is 0 Å². The lowest BCUT2D eigenvalue weighted by Crippen LogP contribution is -2.32. The lowest BCUT2D eigenvalue weighted by molar-refractivity contribution is -0.121. The Morgan fingerprint density at radius 3 is 2.73 bits per heavy atom. The second-order valence-corrected chi connectivity index (χ2v) is 6.28. The largest absolute Gasteiger partial charge is 0.454 e. The number of nitrogens with one attached hydrogen (secondary N) is 2. The molecule has 1 aliphatic rings. The number of hydrogen-bond acceptors (Lipinski definition) is 4. The van der Waals surface area contributed by atoms with Gasteiger partial charge in [-0.15, -0.1) is 0 Å². The Bertz CT molecular complexity index is 819. The number of fused-ring (bicyclic) bond motifs is 1. The van der Waals surface area contributed by atoms with E-state index in [9.17, 15) is 9.59 Å². The maximum absolute atomic E-state index is 12.1. The molecule has 6 heteroatoms. The fraction of sp³-hybridized carbons (Fsp3) is 0.300. The summed E-state index contributed by atoms with van der Waals surface area (Å²) in [5.41, 5.74) is 2.55. The molecular formula is C20H22N2O4. The first-order valence-corrected chi connectivity index (χ1v) is 8.57. The first-order valence-electron chi connectivity index (χ1n) is 8.57. The van der Waals surface area contributed by atoms with Crippen LogP contribution in [0.2, 0.25) is 0 Å². The van der Waals surface area contributed by atoms with E-state index in [1.165, 1.54) is 0 Å². The molecule has 0 aromatic heterocycles. The molecule has 2 aromatic carbocycles. The maximum atomic E-state index is 12.1. The van der Waals surface area contributed by atoms with Crippen LogP contribution < -0.4 is 20.1 Å². The molecule has 2 N–H and O–H groups in total. The van der Waals surface area contributed by atoms with Crippen molar-refractivity contribution in [3.63, 3.8) is 0 Å². The van der Waals surface area contributed by atoms with Crippen LogP contribution in [0.4, 0.5) is 0 Å². The maximum Gasteiger partial charge on any atom is 0.251 e. The number of ether oxygens (including phenoxy) is 2. The molecule has 0 radical (unpaired) electrons. The number of carbonyl (C=O) groups excluding carboxylic acids is 2. The average Bonchev–Trinajstić information content (AvgIpc) is 3.09. The van der Waals surface area contributed by atoms with Crippen LogP contribution in [0, 0.1) is 6.92 Å². The lowest BCUT2D eigenvalue weighted by atomic mass is 10.1. The van der Waals surface area contributed by atoms with E-state index in [0.717, 1.165) is 11.1 Å². The van der Waals surface area contributed by atoms with E-state index in [1.807, 2.05) is 50.2 Å². The quantitative estimate of drug-likeness (QED) is 0.836. The first-order chi connectivity index (χ1) is 12.5. The zero-order valence-electron chi connectivity index (χ0n) is 14.9. The van der Waals surface area contributed by atoms with Crippen LogP contribution in [0.15, 0.2) is 42.5 Å². The van der Waals surface area contributed by atoms with Gasteiger partial charge in [0.25, 0.3) is 5.91 Å². The molecule has 136 valence electrons. The Labute approximate surface area is 152 Å². The second-order valence-electron chi connectivity index (χ2n) is 6.28. The van der Waals surface area contributed by atoms with Crippen molar-refractivity contribution in [2.24, 2.45) is 0 Å². The monoisotopic (exact) mass is 354 g/mol. The molecule has 1 heterocycles. The molecule has 0 aliphatic carbocycles. The van der Waals surface area contributed by atoms with Crippen molar-refractivity contribution >= 4 is 11.8 Å². The number of hydrogen-bond donors (Lipinski definition) is 2. The Morgan fingerprint density at radius 2 is 1.92 bits per heavy atom. The van der Waals surface area contributed by atoms with Crippen molar-refractivity contribution in [3.8, 4) is 11.5 Å². The van der Waals surface area contributed by atoms with Crippen molar-refractivity contribution in [2.75, 3.05) is 13.3 Å². The molecule has 3 rings (SSSR count). The van der Waals surface area contributed by atoms with Gasteiger partial charge in [0.1, 0.15) is 0 Å². The van der Waals surface area contributed by atoms with Gasteiger partial charge in [-0.2, -0.15) is 0 Å². The summed E-state index contributed by atoms with van der Waals surface area (Å²) < 4.78 is 10.6. The normalized spacial score (nSPS) is 13.2. The molecule has 26 heavy (non-hydrogen) atoms. The molecule has 1 aliphatic heterocycles. The average molecular weight is 354 g/mol. The van der Waals surface area contributed by atoms with E-state index in [1.54, 1.807) is 6.07 Å². The highest BCUT2D eigenvalue weighted by Gasteiger charge is 2.17. The van der Waals surface area contributed by atoms with E-state index < -0.39 is 0 Å². The van der Waals surface area contributed by atoms with E-state index in [0.29, 0.717) is 17.1 Å². The van der Waals surface area contributed by atoms with Crippen molar-refractivity contribution < 1.29 is 19.1 Å². The van der Waals surface area contributed by atoms with E-state index in [-0.39, 0.29) is 37.6 Å². The summed E-state index contributed by atoms with van der Waals surface area (Å²) >= 11 is 0. The highest BCUT2D eigenvalue weighted by atomic mass is 16.7. The Hall–Kier alpha value is -3.02. The third-order valence-corrected chi connectivity index (χ3v) is 4.19. The van der Waals surface area contributed by atoms with Crippen LogP contribution in [0.25, 0.3) is 0 Å². The molecule has 0 fully saturated rings. The predicted octanol–water partition coefficient (Wildman–Crippen LogP) is 2.72. The summed E-state index contributed by atoms with van der Waals surface area (Å²) in [6.07, 6.45) is 0.215. The Kier molecular flexibility index (Phi) is 5.41. The Balaban J connectivity index is 1.46. The topological polar surface area (TPSA) is 76.7 Å². The van der Waals surface area contributed by atoms with Gasteiger partial charge in [-0.1, -0.05) is 23.8 Å². The minimum Gasteiger partial charge on any atom is -0.454 e. The molecule has 2 aromatic rings. The van der Waals surface area contributed by atoms with Crippen LogP contribution in [-0.2, 0) is 4.79 Å².